The average Bonchev–Trinajstić information content (AvgIpc) is 1.78. The third-order valence-electron chi connectivity index (χ3n) is 0.869. The maximum atomic E-state index is 8.27. The molecule has 0 bridgehead atoms. The summed E-state index contributed by atoms with van der Waals surface area (Å²) in [6.45, 7) is 0. The molecule has 0 saturated carbocycles. The molecule has 0 aliphatic carbocycles. The minimum Gasteiger partial charge on any atom is -0.337 e. The van der Waals surface area contributed by atoms with Gasteiger partial charge in [0.15, 0.2) is 0 Å². The van der Waals surface area contributed by atoms with E-state index in [1.54, 1.807) is 0 Å². The molecule has 0 atom stereocenters. The van der Waals surface area contributed by atoms with E-state index >= 15 is 0 Å². The van der Waals surface area contributed by atoms with Gasteiger partial charge in [-0.15, -0.1) is 0 Å². The van der Waals surface area contributed by atoms with Crippen LogP contribution in [0.5, 0.6) is 0 Å². The quantitative estimate of drug-likeness (QED) is 0.349. The van der Waals surface area contributed by atoms with Gasteiger partial charge in [0, 0.05) is 0 Å². The summed E-state index contributed by atoms with van der Waals surface area (Å²) in [4.78, 5) is 0. The van der Waals surface area contributed by atoms with Gasteiger partial charge in [-0.2, -0.15) is 0 Å². The molecular formula is C2H2O4. The van der Waals surface area contributed by atoms with Gasteiger partial charge in [-0.25, -0.2) is 0 Å². The van der Waals surface area contributed by atoms with Crippen molar-refractivity contribution in [3.63, 3.8) is 0 Å². The molecule has 0 radical (unpaired) electrons. The van der Waals surface area contributed by atoms with Crippen LogP contribution in [-0.2, 0) is 9.47 Å². The molecular weight excluding hydrogens is 88.0 g/mol. The van der Waals surface area contributed by atoms with Crippen molar-refractivity contribution in [1.82, 2.24) is 0 Å². The molecule has 2 aliphatic rings. The highest BCUT2D eigenvalue weighted by atomic mass is 17.2. The summed E-state index contributed by atoms with van der Waals surface area (Å²) in [6.07, 6.45) is 0. The Morgan fingerprint density at radius 1 is 1.00 bits per heavy atom. The summed E-state index contributed by atoms with van der Waals surface area (Å²) >= 11 is 0. The largest absolute Gasteiger partial charge is 0.376 e. The van der Waals surface area contributed by atoms with E-state index in [1.807, 2.05) is 0 Å². The lowest BCUT2D eigenvalue weighted by molar-refractivity contribution is -0.235. The molecule has 0 aromatic rings. The number of aliphatic hydroxyl groups is 2. The molecule has 2 fully saturated rings. The van der Waals surface area contributed by atoms with Crippen molar-refractivity contribution in [3.05, 3.63) is 0 Å². The smallest absolute Gasteiger partial charge is 0.337 e. The van der Waals surface area contributed by atoms with Crippen molar-refractivity contribution < 1.29 is 19.7 Å². The van der Waals surface area contributed by atoms with E-state index in [-0.39, 0.29) is 0 Å². The van der Waals surface area contributed by atoms with Gasteiger partial charge in [0.2, 0.25) is 0 Å². The lowest BCUT2D eigenvalue weighted by atomic mass is 10.8. The maximum absolute atomic E-state index is 8.27. The van der Waals surface area contributed by atoms with Crippen LogP contribution in [0.3, 0.4) is 0 Å². The Morgan fingerprint density at radius 3 is 1.17 bits per heavy atom. The second-order valence-electron chi connectivity index (χ2n) is 1.37. The zero-order valence-corrected chi connectivity index (χ0v) is 2.71. The zero-order valence-electron chi connectivity index (χ0n) is 2.71. The Balaban J connectivity index is 2.34. The molecule has 0 amide bonds. The van der Waals surface area contributed by atoms with Crippen molar-refractivity contribution in [2.75, 3.05) is 0 Å². The molecule has 0 unspecified atom stereocenters. The minimum atomic E-state index is -1.59. The van der Waals surface area contributed by atoms with Gasteiger partial charge >= 0.3 is 11.9 Å². The number of hydrogen-bond acceptors (Lipinski definition) is 4. The molecule has 2 saturated heterocycles. The summed E-state index contributed by atoms with van der Waals surface area (Å²) in [7, 11) is 0. The second-order valence-corrected chi connectivity index (χ2v) is 1.37. The first-order valence-corrected chi connectivity index (χ1v) is 1.51. The van der Waals surface area contributed by atoms with Gasteiger partial charge in [-0.05, 0) is 0 Å². The number of hydrogen-bond donors (Lipinski definition) is 2. The second kappa shape index (κ2) is 0.373. The molecule has 2 N–H and O–H groups in total. The molecule has 0 spiro atoms. The van der Waals surface area contributed by atoms with Crippen LogP contribution in [0, 0.1) is 0 Å². The van der Waals surface area contributed by atoms with Crippen LogP contribution < -0.4 is 0 Å². The molecule has 6 heavy (non-hydrogen) atoms. The lowest BCUT2D eigenvalue weighted by Crippen LogP contribution is -1.94. The summed E-state index contributed by atoms with van der Waals surface area (Å²) in [5, 5.41) is 16.5. The van der Waals surface area contributed by atoms with E-state index in [2.05, 4.69) is 9.47 Å². The molecule has 34 valence electrons. The van der Waals surface area contributed by atoms with E-state index in [0.29, 0.717) is 0 Å². The van der Waals surface area contributed by atoms with E-state index in [1.165, 1.54) is 0 Å². The van der Waals surface area contributed by atoms with Gasteiger partial charge in [-0.3, -0.25) is 9.47 Å². The van der Waals surface area contributed by atoms with Crippen LogP contribution in [0.4, 0.5) is 0 Å². The Labute approximate surface area is 32.9 Å². The first-order chi connectivity index (χ1) is 2.66. The van der Waals surface area contributed by atoms with Crippen molar-refractivity contribution in [2.24, 2.45) is 0 Å². The standard InChI is InChI=1S/C2H2O4/c3-1-2(4,5-1)6-1/h3-4H. The molecule has 4 heteroatoms. The fourth-order valence-corrected chi connectivity index (χ4v) is 0.332. The van der Waals surface area contributed by atoms with Crippen LogP contribution >= 0.6 is 0 Å². The highest BCUT2D eigenvalue weighted by Crippen LogP contribution is 2.63. The van der Waals surface area contributed by atoms with Crippen LogP contribution in [0.2, 0.25) is 0 Å². The molecule has 0 aromatic heterocycles. The highest BCUT2D eigenvalue weighted by molar-refractivity contribution is 5.00. The van der Waals surface area contributed by atoms with Gasteiger partial charge in [0.05, 0.1) is 0 Å². The summed E-state index contributed by atoms with van der Waals surface area (Å²) in [5.41, 5.74) is 0. The van der Waals surface area contributed by atoms with Gasteiger partial charge in [-0.1, -0.05) is 0 Å². The SMILES string of the molecule is OC12OC1(O)O2. The topological polar surface area (TPSA) is 65.5 Å². The van der Waals surface area contributed by atoms with Crippen LogP contribution in [-0.4, -0.2) is 22.2 Å². The first kappa shape index (κ1) is 2.92. The normalized spacial score (nSPS) is 73.0. The van der Waals surface area contributed by atoms with E-state index < -0.39 is 11.9 Å². The van der Waals surface area contributed by atoms with Crippen molar-refractivity contribution >= 4 is 0 Å². The van der Waals surface area contributed by atoms with Gasteiger partial charge < -0.3 is 10.2 Å². The monoisotopic (exact) mass is 90.0 g/mol. The van der Waals surface area contributed by atoms with E-state index in [4.69, 9.17) is 10.2 Å². The Hall–Kier alpha value is -0.160. The van der Waals surface area contributed by atoms with Crippen LogP contribution in [0.25, 0.3) is 0 Å². The highest BCUT2D eigenvalue weighted by Gasteiger charge is 2.94. The molecule has 0 aromatic carbocycles. The van der Waals surface area contributed by atoms with E-state index in [0.717, 1.165) is 0 Å². The Bertz CT molecular complexity index is 90.1. The van der Waals surface area contributed by atoms with Crippen molar-refractivity contribution in [2.45, 2.75) is 11.9 Å². The summed E-state index contributed by atoms with van der Waals surface area (Å²) in [5.74, 6) is -3.18. The lowest BCUT2D eigenvalue weighted by Gasteiger charge is -1.83. The number of ether oxygens (including phenoxy) is 2. The third kappa shape index (κ3) is 0.109. The average molecular weight is 90.0 g/mol. The molecule has 2 rings (SSSR count). The third-order valence-corrected chi connectivity index (χ3v) is 0.869. The van der Waals surface area contributed by atoms with Crippen molar-refractivity contribution in [3.8, 4) is 0 Å². The Kier molecular flexibility index (Phi) is 0.182. The molecule has 4 nitrogen and oxygen atoms in total. The molecule has 2 heterocycles. The number of rotatable bonds is 0. The van der Waals surface area contributed by atoms with Crippen LogP contribution in [0.15, 0.2) is 0 Å². The van der Waals surface area contributed by atoms with Crippen molar-refractivity contribution in [1.29, 1.82) is 0 Å². The number of fused-ring (bicyclic) bond motifs is 1. The van der Waals surface area contributed by atoms with Gasteiger partial charge in [0.25, 0.3) is 0 Å². The first-order valence-electron chi connectivity index (χ1n) is 1.51. The molecule has 2 aliphatic heterocycles. The summed E-state index contributed by atoms with van der Waals surface area (Å²) < 4.78 is 8.14. The predicted octanol–water partition coefficient (Wildman–Crippen LogP) is -1.66. The minimum absolute atomic E-state index is 1.59. The Morgan fingerprint density at radius 2 is 1.17 bits per heavy atom. The van der Waals surface area contributed by atoms with E-state index in [9.17, 15) is 0 Å². The summed E-state index contributed by atoms with van der Waals surface area (Å²) in [6, 6.07) is 0. The zero-order chi connectivity index (χ0) is 4.41. The van der Waals surface area contributed by atoms with Crippen LogP contribution in [0.1, 0.15) is 0 Å². The predicted molar refractivity (Wildman–Crippen MR) is 12.1 cm³/mol. The fraction of sp³-hybridized carbons (Fsp3) is 1.00. The number of epoxide rings is 2. The maximum Gasteiger partial charge on any atom is 0.376 e. The van der Waals surface area contributed by atoms with Gasteiger partial charge in [0.1, 0.15) is 0 Å². The fourth-order valence-electron chi connectivity index (χ4n) is 0.332.